The van der Waals surface area contributed by atoms with Gasteiger partial charge < -0.3 is 9.84 Å². The Labute approximate surface area is 68.6 Å². The van der Waals surface area contributed by atoms with Crippen molar-refractivity contribution < 1.29 is 14.6 Å². The molecule has 0 spiro atoms. The second-order valence-corrected chi connectivity index (χ2v) is 3.72. The van der Waals surface area contributed by atoms with Gasteiger partial charge in [0.2, 0.25) is 6.29 Å². The molecule has 0 aromatic carbocycles. The molecule has 3 atom stereocenters. The van der Waals surface area contributed by atoms with E-state index < -0.39 is 17.1 Å². The van der Waals surface area contributed by atoms with Gasteiger partial charge in [0.1, 0.15) is 9.65 Å². The molecule has 1 saturated heterocycles. The van der Waals surface area contributed by atoms with Gasteiger partial charge in [0.15, 0.2) is 0 Å². The summed E-state index contributed by atoms with van der Waals surface area (Å²) >= 11 is 6.09. The summed E-state index contributed by atoms with van der Waals surface area (Å²) in [6.07, 6.45) is -1.01. The standard InChI is InChI=1S/C4H4Br2O3/c5-1-2(6)4(8)9-3(1)7/h1-3,7H/t1-,2-,3+/m1/s1. The van der Waals surface area contributed by atoms with Crippen LogP contribution in [0.4, 0.5) is 0 Å². The van der Waals surface area contributed by atoms with Crippen LogP contribution in [0.15, 0.2) is 0 Å². The van der Waals surface area contributed by atoms with Crippen LogP contribution in [0.2, 0.25) is 0 Å². The van der Waals surface area contributed by atoms with E-state index in [2.05, 4.69) is 36.6 Å². The minimum absolute atomic E-state index is 0.329. The average Bonchev–Trinajstić information content (AvgIpc) is 1.98. The highest BCUT2D eigenvalue weighted by Crippen LogP contribution is 2.26. The van der Waals surface area contributed by atoms with Crippen molar-refractivity contribution in [2.75, 3.05) is 0 Å². The largest absolute Gasteiger partial charge is 0.434 e. The van der Waals surface area contributed by atoms with Crippen molar-refractivity contribution >= 4 is 37.8 Å². The highest BCUT2D eigenvalue weighted by molar-refractivity contribution is 9.12. The number of alkyl halides is 2. The lowest BCUT2D eigenvalue weighted by molar-refractivity contribution is -0.152. The number of carbonyl (C=O) groups is 1. The van der Waals surface area contributed by atoms with E-state index in [1.807, 2.05) is 0 Å². The van der Waals surface area contributed by atoms with Crippen molar-refractivity contribution in [1.29, 1.82) is 0 Å². The van der Waals surface area contributed by atoms with Gasteiger partial charge in [0.05, 0.1) is 0 Å². The smallest absolute Gasteiger partial charge is 0.323 e. The molecule has 1 heterocycles. The fourth-order valence-corrected chi connectivity index (χ4v) is 1.22. The molecule has 0 amide bonds. The average molecular weight is 260 g/mol. The van der Waals surface area contributed by atoms with E-state index in [4.69, 9.17) is 5.11 Å². The van der Waals surface area contributed by atoms with Crippen molar-refractivity contribution in [3.63, 3.8) is 0 Å². The van der Waals surface area contributed by atoms with Crippen molar-refractivity contribution in [2.45, 2.75) is 15.9 Å². The lowest BCUT2D eigenvalue weighted by Gasteiger charge is -2.02. The number of aliphatic hydroxyl groups excluding tert-OH is 1. The first-order valence-electron chi connectivity index (χ1n) is 2.29. The Hall–Kier alpha value is 0.390. The maximum Gasteiger partial charge on any atom is 0.323 e. The van der Waals surface area contributed by atoms with E-state index in [9.17, 15) is 4.79 Å². The van der Waals surface area contributed by atoms with Crippen LogP contribution < -0.4 is 0 Å². The summed E-state index contributed by atoms with van der Waals surface area (Å²) in [7, 11) is 0. The number of halogens is 2. The molecule has 1 N–H and O–H groups in total. The maximum absolute atomic E-state index is 10.5. The van der Waals surface area contributed by atoms with Crippen LogP contribution >= 0.6 is 31.9 Å². The zero-order valence-corrected chi connectivity index (χ0v) is 7.42. The van der Waals surface area contributed by atoms with Gasteiger partial charge in [-0.2, -0.15) is 0 Å². The summed E-state index contributed by atoms with van der Waals surface area (Å²) in [6.45, 7) is 0. The second kappa shape index (κ2) is 2.56. The zero-order chi connectivity index (χ0) is 7.02. The fourth-order valence-electron chi connectivity index (χ4n) is 0.524. The molecular formula is C4H4Br2O3. The number of esters is 1. The number of ether oxygens (including phenoxy) is 1. The summed E-state index contributed by atoms with van der Waals surface area (Å²) in [5.74, 6) is -0.427. The van der Waals surface area contributed by atoms with Crippen molar-refractivity contribution in [3.05, 3.63) is 0 Å². The molecule has 0 aromatic rings. The van der Waals surface area contributed by atoms with E-state index >= 15 is 0 Å². The van der Waals surface area contributed by atoms with Crippen LogP contribution in [0.1, 0.15) is 0 Å². The Balaban J connectivity index is 2.65. The van der Waals surface area contributed by atoms with Gasteiger partial charge in [0.25, 0.3) is 0 Å². The summed E-state index contributed by atoms with van der Waals surface area (Å²) in [6, 6.07) is 0. The molecule has 1 fully saturated rings. The fraction of sp³-hybridized carbons (Fsp3) is 0.750. The predicted molar refractivity (Wildman–Crippen MR) is 37.5 cm³/mol. The number of hydrogen-bond donors (Lipinski definition) is 1. The quantitative estimate of drug-likeness (QED) is 0.506. The first-order chi connectivity index (χ1) is 4.13. The molecule has 5 heteroatoms. The first kappa shape index (κ1) is 7.50. The van der Waals surface area contributed by atoms with Gasteiger partial charge >= 0.3 is 5.97 Å². The van der Waals surface area contributed by atoms with Gasteiger partial charge in [0, 0.05) is 0 Å². The Morgan fingerprint density at radius 3 is 2.22 bits per heavy atom. The van der Waals surface area contributed by atoms with Crippen LogP contribution in [0.25, 0.3) is 0 Å². The van der Waals surface area contributed by atoms with Gasteiger partial charge in [-0.15, -0.1) is 0 Å². The highest BCUT2D eigenvalue weighted by atomic mass is 79.9. The summed E-state index contributed by atoms with van der Waals surface area (Å²) in [5, 5.41) is 8.82. The number of rotatable bonds is 0. The lowest BCUT2D eigenvalue weighted by atomic mass is 10.3. The first-order valence-corrected chi connectivity index (χ1v) is 4.13. The molecule has 1 aliphatic heterocycles. The zero-order valence-electron chi connectivity index (χ0n) is 4.25. The summed E-state index contributed by atoms with van der Waals surface area (Å²) < 4.78 is 4.41. The van der Waals surface area contributed by atoms with Crippen molar-refractivity contribution in [2.24, 2.45) is 0 Å². The Kier molecular flexibility index (Phi) is 2.13. The molecule has 9 heavy (non-hydrogen) atoms. The van der Waals surface area contributed by atoms with Crippen LogP contribution in [-0.4, -0.2) is 27.0 Å². The van der Waals surface area contributed by atoms with Gasteiger partial charge in [-0.05, 0) is 0 Å². The molecule has 0 radical (unpaired) electrons. The predicted octanol–water partition coefficient (Wildman–Crippen LogP) is 0.389. The molecule has 1 rings (SSSR count). The monoisotopic (exact) mass is 258 g/mol. The molecule has 52 valence electrons. The van der Waals surface area contributed by atoms with E-state index in [-0.39, 0.29) is 4.83 Å². The number of aliphatic hydroxyl groups is 1. The minimum Gasteiger partial charge on any atom is -0.434 e. The molecular weight excluding hydrogens is 256 g/mol. The van der Waals surface area contributed by atoms with Crippen LogP contribution in [0.3, 0.4) is 0 Å². The maximum atomic E-state index is 10.5. The second-order valence-electron chi connectivity index (χ2n) is 1.67. The molecule has 0 saturated carbocycles. The third-order valence-electron chi connectivity index (χ3n) is 1.01. The Bertz CT molecular complexity index is 138. The summed E-state index contributed by atoms with van der Waals surface area (Å²) in [5.41, 5.74) is 0. The van der Waals surface area contributed by atoms with E-state index in [1.54, 1.807) is 0 Å². The van der Waals surface area contributed by atoms with Crippen molar-refractivity contribution in [1.82, 2.24) is 0 Å². The topological polar surface area (TPSA) is 46.5 Å². The SMILES string of the molecule is O=C1O[C@H](O)[C@H](Br)[C@H]1Br. The number of cyclic esters (lactones) is 1. The van der Waals surface area contributed by atoms with Gasteiger partial charge in [-0.1, -0.05) is 31.9 Å². The Morgan fingerprint density at radius 1 is 1.56 bits per heavy atom. The van der Waals surface area contributed by atoms with E-state index in [0.29, 0.717) is 0 Å². The summed E-state index contributed by atoms with van der Waals surface area (Å²) in [4.78, 5) is 9.78. The molecule has 1 aliphatic rings. The third-order valence-corrected chi connectivity index (χ3v) is 3.65. The van der Waals surface area contributed by atoms with Gasteiger partial charge in [-0.3, -0.25) is 4.79 Å². The number of carbonyl (C=O) groups excluding carboxylic acids is 1. The molecule has 0 aliphatic carbocycles. The van der Waals surface area contributed by atoms with E-state index in [1.165, 1.54) is 0 Å². The normalized spacial score (nSPS) is 43.0. The number of hydrogen-bond acceptors (Lipinski definition) is 3. The van der Waals surface area contributed by atoms with Crippen molar-refractivity contribution in [3.8, 4) is 0 Å². The Morgan fingerprint density at radius 2 is 2.11 bits per heavy atom. The van der Waals surface area contributed by atoms with E-state index in [0.717, 1.165) is 0 Å². The molecule has 3 nitrogen and oxygen atoms in total. The highest BCUT2D eigenvalue weighted by Gasteiger charge is 2.40. The van der Waals surface area contributed by atoms with Gasteiger partial charge in [-0.25, -0.2) is 0 Å². The third kappa shape index (κ3) is 1.28. The molecule has 0 unspecified atom stereocenters. The van der Waals surface area contributed by atoms with Crippen LogP contribution in [0, 0.1) is 0 Å². The van der Waals surface area contributed by atoms with Crippen LogP contribution in [-0.2, 0) is 9.53 Å². The molecule has 0 aromatic heterocycles. The molecule has 0 bridgehead atoms. The van der Waals surface area contributed by atoms with Crippen LogP contribution in [0.5, 0.6) is 0 Å². The minimum atomic E-state index is -1.01. The lowest BCUT2D eigenvalue weighted by Crippen LogP contribution is -2.19.